The zero-order chi connectivity index (χ0) is 12.9. The Kier molecular flexibility index (Phi) is 5.24. The minimum atomic E-state index is -0.700. The van der Waals surface area contributed by atoms with E-state index in [0.717, 1.165) is 25.7 Å². The molecular weight excluding hydrogens is 238 g/mol. The van der Waals surface area contributed by atoms with E-state index in [-0.39, 0.29) is 6.10 Å². The highest BCUT2D eigenvalue weighted by molar-refractivity contribution is 6.17. The molecule has 0 radical (unpaired) electrons. The van der Waals surface area contributed by atoms with E-state index in [1.165, 1.54) is 0 Å². The molecule has 0 bridgehead atoms. The number of alkyl halides is 1. The number of rotatable bonds is 5. The molecule has 1 fully saturated rings. The first-order chi connectivity index (χ1) is 7.97. The van der Waals surface area contributed by atoms with E-state index in [9.17, 15) is 5.26 Å². The molecule has 0 unspecified atom stereocenters. The van der Waals surface area contributed by atoms with Crippen molar-refractivity contribution in [3.8, 4) is 6.07 Å². The van der Waals surface area contributed by atoms with E-state index >= 15 is 0 Å². The molecule has 4 heteroatoms. The Labute approximate surface area is 109 Å². The maximum atomic E-state index is 9.42. The molecule has 0 N–H and O–H groups in total. The molecular formula is C13H22ClNO2. The molecule has 1 saturated heterocycles. The lowest BCUT2D eigenvalue weighted by Crippen LogP contribution is -2.51. The predicted octanol–water partition coefficient (Wildman–Crippen LogP) is 3.61. The third-order valence-electron chi connectivity index (χ3n) is 3.07. The second-order valence-electron chi connectivity index (χ2n) is 5.11. The zero-order valence-corrected chi connectivity index (χ0v) is 11.7. The van der Waals surface area contributed by atoms with Crippen LogP contribution >= 0.6 is 11.6 Å². The molecule has 0 aromatic rings. The Morgan fingerprint density at radius 1 is 1.41 bits per heavy atom. The largest absolute Gasteiger partial charge is 0.347 e. The molecule has 98 valence electrons. The number of hydrogen-bond acceptors (Lipinski definition) is 3. The summed E-state index contributed by atoms with van der Waals surface area (Å²) in [6.07, 6.45) is 4.25. The van der Waals surface area contributed by atoms with Crippen LogP contribution in [0.4, 0.5) is 0 Å². The van der Waals surface area contributed by atoms with Crippen LogP contribution in [0.1, 0.15) is 52.9 Å². The Morgan fingerprint density at radius 2 is 2.12 bits per heavy atom. The molecule has 17 heavy (non-hydrogen) atoms. The first-order valence-corrected chi connectivity index (χ1v) is 6.85. The van der Waals surface area contributed by atoms with E-state index in [0.29, 0.717) is 12.3 Å². The highest BCUT2D eigenvalue weighted by Crippen LogP contribution is 2.38. The first kappa shape index (κ1) is 14.8. The van der Waals surface area contributed by atoms with Gasteiger partial charge in [-0.2, -0.15) is 5.26 Å². The van der Waals surface area contributed by atoms with Gasteiger partial charge in [-0.1, -0.05) is 6.92 Å². The molecule has 1 aliphatic rings. The maximum absolute atomic E-state index is 9.42. The van der Waals surface area contributed by atoms with Crippen LogP contribution < -0.4 is 0 Å². The third kappa shape index (κ3) is 4.13. The molecule has 1 rings (SSSR count). The van der Waals surface area contributed by atoms with Crippen molar-refractivity contribution in [2.45, 2.75) is 70.4 Å². The van der Waals surface area contributed by atoms with E-state index in [1.54, 1.807) is 0 Å². The topological polar surface area (TPSA) is 42.2 Å². The highest BCUT2D eigenvalue weighted by atomic mass is 35.5. The van der Waals surface area contributed by atoms with Crippen molar-refractivity contribution >= 4 is 11.6 Å². The summed E-state index contributed by atoms with van der Waals surface area (Å²) in [5.74, 6) is -0.0335. The van der Waals surface area contributed by atoms with Crippen LogP contribution in [0.3, 0.4) is 0 Å². The predicted molar refractivity (Wildman–Crippen MR) is 67.9 cm³/mol. The zero-order valence-electron chi connectivity index (χ0n) is 11.0. The second-order valence-corrected chi connectivity index (χ2v) is 5.48. The Balaban J connectivity index is 2.72. The summed E-state index contributed by atoms with van der Waals surface area (Å²) in [5, 5.41) is 9.42. The van der Waals surface area contributed by atoms with Gasteiger partial charge in [0.05, 0.1) is 12.2 Å². The second kappa shape index (κ2) is 6.04. The summed E-state index contributed by atoms with van der Waals surface area (Å²) in [5.41, 5.74) is -0.700. The van der Waals surface area contributed by atoms with Crippen LogP contribution in [0.15, 0.2) is 0 Å². The van der Waals surface area contributed by atoms with Crippen LogP contribution in [-0.4, -0.2) is 23.4 Å². The van der Waals surface area contributed by atoms with E-state index in [1.807, 2.05) is 13.8 Å². The molecule has 2 atom stereocenters. The molecule has 0 amide bonds. The van der Waals surface area contributed by atoms with Crippen molar-refractivity contribution < 1.29 is 9.47 Å². The molecule has 1 aliphatic heterocycles. The van der Waals surface area contributed by atoms with Gasteiger partial charge in [0.25, 0.3) is 0 Å². The standard InChI is InChI=1S/C13H22ClNO2/c1-4-11-9-13(10-15,7-5-6-8-14)17-12(2,3)16-11/h11H,4-9H2,1-3H3/t11-,13+/m0/s1. The molecule has 0 aromatic heterocycles. The van der Waals surface area contributed by atoms with Crippen molar-refractivity contribution in [3.63, 3.8) is 0 Å². The van der Waals surface area contributed by atoms with Gasteiger partial charge in [0.2, 0.25) is 0 Å². The summed E-state index contributed by atoms with van der Waals surface area (Å²) in [4.78, 5) is 0. The van der Waals surface area contributed by atoms with Gasteiger partial charge >= 0.3 is 0 Å². The van der Waals surface area contributed by atoms with Crippen LogP contribution in [-0.2, 0) is 9.47 Å². The first-order valence-electron chi connectivity index (χ1n) is 6.32. The SMILES string of the molecule is CC[C@H]1C[C@@](C#N)(CCCCCl)OC(C)(C)O1. The summed E-state index contributed by atoms with van der Waals surface area (Å²) in [7, 11) is 0. The Hall–Kier alpha value is -0.300. The van der Waals surface area contributed by atoms with Crippen molar-refractivity contribution in [1.29, 1.82) is 5.26 Å². The van der Waals surface area contributed by atoms with Gasteiger partial charge in [-0.3, -0.25) is 0 Å². The van der Waals surface area contributed by atoms with Crippen molar-refractivity contribution in [3.05, 3.63) is 0 Å². The molecule has 1 heterocycles. The molecule has 0 spiro atoms. The van der Waals surface area contributed by atoms with Crippen molar-refractivity contribution in [1.82, 2.24) is 0 Å². The smallest absolute Gasteiger partial charge is 0.165 e. The van der Waals surface area contributed by atoms with E-state index < -0.39 is 11.4 Å². The van der Waals surface area contributed by atoms with Crippen LogP contribution in [0.5, 0.6) is 0 Å². The van der Waals surface area contributed by atoms with Gasteiger partial charge in [-0.05, 0) is 39.5 Å². The highest BCUT2D eigenvalue weighted by Gasteiger charge is 2.45. The number of unbranched alkanes of at least 4 members (excludes halogenated alkanes) is 1. The third-order valence-corrected chi connectivity index (χ3v) is 3.34. The van der Waals surface area contributed by atoms with E-state index in [4.69, 9.17) is 21.1 Å². The average molecular weight is 260 g/mol. The van der Waals surface area contributed by atoms with Crippen LogP contribution in [0.25, 0.3) is 0 Å². The number of ether oxygens (including phenoxy) is 2. The number of nitrogens with zero attached hydrogens (tertiary/aromatic N) is 1. The Bertz CT molecular complexity index is 288. The number of halogens is 1. The minimum absolute atomic E-state index is 0.106. The molecule has 0 aliphatic carbocycles. The lowest BCUT2D eigenvalue weighted by atomic mass is 9.89. The summed E-state index contributed by atoms with van der Waals surface area (Å²) in [6.45, 7) is 5.83. The van der Waals surface area contributed by atoms with Gasteiger partial charge in [-0.15, -0.1) is 11.6 Å². The number of nitriles is 1. The lowest BCUT2D eigenvalue weighted by molar-refractivity contribution is -0.321. The van der Waals surface area contributed by atoms with Crippen LogP contribution in [0, 0.1) is 11.3 Å². The van der Waals surface area contributed by atoms with Crippen LogP contribution in [0.2, 0.25) is 0 Å². The quantitative estimate of drug-likeness (QED) is 0.560. The van der Waals surface area contributed by atoms with Crippen molar-refractivity contribution in [2.24, 2.45) is 0 Å². The van der Waals surface area contributed by atoms with Gasteiger partial charge in [0.15, 0.2) is 11.4 Å². The normalized spacial score (nSPS) is 32.1. The van der Waals surface area contributed by atoms with Gasteiger partial charge in [-0.25, -0.2) is 0 Å². The van der Waals surface area contributed by atoms with Crippen molar-refractivity contribution in [2.75, 3.05) is 5.88 Å². The summed E-state index contributed by atoms with van der Waals surface area (Å²) in [6, 6.07) is 2.35. The average Bonchev–Trinajstić information content (AvgIpc) is 2.27. The number of hydrogen-bond donors (Lipinski definition) is 0. The molecule has 0 saturated carbocycles. The monoisotopic (exact) mass is 259 g/mol. The van der Waals surface area contributed by atoms with Gasteiger partial charge in [0.1, 0.15) is 0 Å². The maximum Gasteiger partial charge on any atom is 0.165 e. The summed E-state index contributed by atoms with van der Waals surface area (Å²) < 4.78 is 11.6. The molecule has 3 nitrogen and oxygen atoms in total. The molecule has 0 aromatic carbocycles. The minimum Gasteiger partial charge on any atom is -0.347 e. The van der Waals surface area contributed by atoms with E-state index in [2.05, 4.69) is 13.0 Å². The fourth-order valence-electron chi connectivity index (χ4n) is 2.36. The van der Waals surface area contributed by atoms with Gasteiger partial charge in [0, 0.05) is 12.3 Å². The lowest BCUT2D eigenvalue weighted by Gasteiger charge is -2.45. The fourth-order valence-corrected chi connectivity index (χ4v) is 2.55. The Morgan fingerprint density at radius 3 is 2.65 bits per heavy atom. The van der Waals surface area contributed by atoms with Gasteiger partial charge < -0.3 is 9.47 Å². The summed E-state index contributed by atoms with van der Waals surface area (Å²) >= 11 is 5.67. The fraction of sp³-hybridized carbons (Fsp3) is 0.923.